The van der Waals surface area contributed by atoms with Crippen LogP contribution < -0.4 is 0 Å². The van der Waals surface area contributed by atoms with Crippen LogP contribution in [0.4, 0.5) is 0 Å². The molecule has 0 aliphatic rings. The zero-order valence-corrected chi connectivity index (χ0v) is 23.6. The van der Waals surface area contributed by atoms with Gasteiger partial charge in [-0.1, -0.05) is 102 Å². The van der Waals surface area contributed by atoms with Crippen LogP contribution in [-0.4, -0.2) is 39.7 Å². The van der Waals surface area contributed by atoms with Crippen molar-refractivity contribution in [3.63, 3.8) is 0 Å². The molecule has 0 radical (unpaired) electrons. The van der Waals surface area contributed by atoms with E-state index in [0.717, 1.165) is 92.4 Å². The Morgan fingerprint density at radius 2 is 1.11 bits per heavy atom. The number of carbonyl (C=O) groups is 1. The highest BCUT2D eigenvalue weighted by molar-refractivity contribution is 6.60. The van der Waals surface area contributed by atoms with Crippen molar-refractivity contribution in [2.24, 2.45) is 0 Å². The maximum absolute atomic E-state index is 11.4. The van der Waals surface area contributed by atoms with Crippen LogP contribution in [0.15, 0.2) is 54.6 Å². The van der Waals surface area contributed by atoms with Crippen molar-refractivity contribution in [3.05, 3.63) is 60.2 Å². The normalized spacial score (nSPS) is 11.4. The molecule has 0 saturated heterocycles. The van der Waals surface area contributed by atoms with E-state index in [1.165, 1.54) is 0 Å². The van der Waals surface area contributed by atoms with Gasteiger partial charge < -0.3 is 18.4 Å². The van der Waals surface area contributed by atoms with Crippen molar-refractivity contribution in [1.29, 1.82) is 0 Å². The van der Waals surface area contributed by atoms with Gasteiger partial charge in [0.15, 0.2) is 0 Å². The molecule has 0 amide bonds. The number of carboxylic acids is 1. The topological polar surface area (TPSA) is 65.0 Å². The minimum absolute atomic E-state index is 0.388. The van der Waals surface area contributed by atoms with Crippen molar-refractivity contribution >= 4 is 36.3 Å². The number of hydrogen-bond acceptors (Lipinski definition) is 4. The van der Waals surface area contributed by atoms with Crippen LogP contribution in [-0.2, 0) is 13.3 Å². The fourth-order valence-corrected chi connectivity index (χ4v) is 6.67. The summed E-state index contributed by atoms with van der Waals surface area (Å²) in [6.07, 6.45) is 7.80. The van der Waals surface area contributed by atoms with Gasteiger partial charge in [0.1, 0.15) is 0 Å². The zero-order chi connectivity index (χ0) is 26.2. The third-order valence-corrected chi connectivity index (χ3v) is 9.05. The Morgan fingerprint density at radius 1 is 0.694 bits per heavy atom. The predicted molar refractivity (Wildman–Crippen MR) is 152 cm³/mol. The van der Waals surface area contributed by atoms with Gasteiger partial charge in [-0.25, -0.2) is 4.79 Å². The fourth-order valence-electron chi connectivity index (χ4n) is 4.01. The second kappa shape index (κ2) is 16.5. The minimum Gasteiger partial charge on any atom is -0.478 e. The summed E-state index contributed by atoms with van der Waals surface area (Å²) in [5.74, 6) is -0.877. The maximum atomic E-state index is 11.4. The lowest BCUT2D eigenvalue weighted by molar-refractivity contribution is 0.0561. The fraction of sp³-hybridized carbons (Fsp3) is 0.500. The zero-order valence-electron chi connectivity index (χ0n) is 22.6. The molecule has 0 atom stereocenters. The monoisotopic (exact) mass is 512 g/mol. The van der Waals surface area contributed by atoms with Gasteiger partial charge in [-0.2, -0.15) is 0 Å². The molecule has 36 heavy (non-hydrogen) atoms. The molecule has 0 spiro atoms. The molecule has 198 valence electrons. The minimum atomic E-state index is -2.41. The van der Waals surface area contributed by atoms with Crippen LogP contribution in [0.25, 0.3) is 21.5 Å². The van der Waals surface area contributed by atoms with Gasteiger partial charge in [0.25, 0.3) is 0 Å². The molecule has 0 aliphatic heterocycles. The highest BCUT2D eigenvalue weighted by Crippen LogP contribution is 2.28. The van der Waals surface area contributed by atoms with Crippen LogP contribution in [0.3, 0.4) is 0 Å². The van der Waals surface area contributed by atoms with Gasteiger partial charge in [0, 0.05) is 25.9 Å². The molecule has 5 nitrogen and oxygen atoms in total. The standard InChI is InChI=1S/C15H34O3Si.C15H10O2/c1-5-9-12-16-19(15-8-4,17-13-10-6-2)18-14-11-7-3;16-15(17)14-12-7-3-1-5-10(12)9-11-6-2-4-8-13(11)14/h5-15H2,1-4H3;1-9H,(H,16,17). The van der Waals surface area contributed by atoms with E-state index in [1.807, 2.05) is 54.6 Å². The molecule has 0 bridgehead atoms. The molecule has 1 N–H and O–H groups in total. The van der Waals surface area contributed by atoms with E-state index in [4.69, 9.17) is 13.3 Å². The predicted octanol–water partition coefficient (Wildman–Crippen LogP) is 8.48. The lowest BCUT2D eigenvalue weighted by Crippen LogP contribution is -2.46. The number of carboxylic acid groups (broad SMARTS) is 1. The SMILES string of the molecule is CCCCO[Si](CCC)(OCCCC)OCCCC.O=C(O)c1c2ccccc2cc2ccccc12. The van der Waals surface area contributed by atoms with Crippen molar-refractivity contribution in [3.8, 4) is 0 Å². The average molecular weight is 513 g/mol. The molecule has 6 heteroatoms. The molecule has 0 aromatic heterocycles. The molecule has 0 aliphatic carbocycles. The highest BCUT2D eigenvalue weighted by Gasteiger charge is 2.39. The van der Waals surface area contributed by atoms with Crippen molar-refractivity contribution in [2.45, 2.75) is 78.7 Å². The summed E-state index contributed by atoms with van der Waals surface area (Å²) in [7, 11) is -2.41. The third kappa shape index (κ3) is 9.00. The van der Waals surface area contributed by atoms with E-state index in [0.29, 0.717) is 5.56 Å². The van der Waals surface area contributed by atoms with Crippen LogP contribution in [0, 0.1) is 0 Å². The molecular formula is C30H44O5Si. The van der Waals surface area contributed by atoms with Gasteiger partial charge in [-0.3, -0.25) is 0 Å². The third-order valence-electron chi connectivity index (χ3n) is 6.00. The number of rotatable bonds is 15. The summed E-state index contributed by atoms with van der Waals surface area (Å²) in [6.45, 7) is 11.1. The number of aromatic carboxylic acids is 1. The van der Waals surface area contributed by atoms with Crippen LogP contribution in [0.2, 0.25) is 6.04 Å². The van der Waals surface area contributed by atoms with Gasteiger partial charge in [-0.05, 0) is 46.9 Å². The van der Waals surface area contributed by atoms with Crippen LogP contribution in [0.5, 0.6) is 0 Å². The Kier molecular flexibility index (Phi) is 13.7. The van der Waals surface area contributed by atoms with Gasteiger partial charge in [-0.15, -0.1) is 0 Å². The molecule has 3 aromatic carbocycles. The summed E-state index contributed by atoms with van der Waals surface area (Å²) >= 11 is 0. The number of unbranched alkanes of at least 4 members (excludes halogenated alkanes) is 3. The smallest absolute Gasteiger partial charge is 0.478 e. The molecule has 0 heterocycles. The Labute approximate surface area is 218 Å². The Balaban J connectivity index is 0.000000254. The van der Waals surface area contributed by atoms with Crippen molar-refractivity contribution < 1.29 is 23.2 Å². The lowest BCUT2D eigenvalue weighted by atomic mass is 9.97. The molecular weight excluding hydrogens is 468 g/mol. The second-order valence-corrected chi connectivity index (χ2v) is 11.8. The van der Waals surface area contributed by atoms with E-state index < -0.39 is 14.8 Å². The summed E-state index contributed by atoms with van der Waals surface area (Å²) in [5, 5.41) is 12.9. The Hall–Kier alpha value is -2.25. The van der Waals surface area contributed by atoms with Crippen LogP contribution in [0.1, 0.15) is 83.0 Å². The summed E-state index contributed by atoms with van der Waals surface area (Å²) in [6, 6.07) is 18.1. The number of fused-ring (bicyclic) bond motifs is 2. The second-order valence-electron chi connectivity index (χ2n) is 9.04. The summed E-state index contributed by atoms with van der Waals surface area (Å²) in [5.41, 5.74) is 0.388. The van der Waals surface area contributed by atoms with Crippen molar-refractivity contribution in [2.75, 3.05) is 19.8 Å². The molecule has 3 aromatic rings. The summed E-state index contributed by atoms with van der Waals surface area (Å²) in [4.78, 5) is 11.4. The van der Waals surface area contributed by atoms with Crippen LogP contribution >= 0.6 is 0 Å². The van der Waals surface area contributed by atoms with Gasteiger partial charge in [0.05, 0.1) is 5.56 Å². The quantitative estimate of drug-likeness (QED) is 0.126. The first-order chi connectivity index (χ1) is 17.5. The van der Waals surface area contributed by atoms with E-state index >= 15 is 0 Å². The first kappa shape index (κ1) is 30.0. The van der Waals surface area contributed by atoms with Gasteiger partial charge >= 0.3 is 14.8 Å². The van der Waals surface area contributed by atoms with E-state index in [9.17, 15) is 9.90 Å². The molecule has 0 unspecified atom stereocenters. The Morgan fingerprint density at radius 3 is 1.47 bits per heavy atom. The first-order valence-electron chi connectivity index (χ1n) is 13.6. The Bertz CT molecular complexity index is 971. The molecule has 0 fully saturated rings. The summed E-state index contributed by atoms with van der Waals surface area (Å²) < 4.78 is 18.3. The number of benzene rings is 3. The maximum Gasteiger partial charge on any atom is 0.500 e. The average Bonchev–Trinajstić information content (AvgIpc) is 2.88. The largest absolute Gasteiger partial charge is 0.500 e. The lowest BCUT2D eigenvalue weighted by Gasteiger charge is -2.29. The molecule has 0 saturated carbocycles. The van der Waals surface area contributed by atoms with Crippen molar-refractivity contribution in [1.82, 2.24) is 0 Å². The van der Waals surface area contributed by atoms with Gasteiger partial charge in [0.2, 0.25) is 0 Å². The van der Waals surface area contributed by atoms with E-state index in [2.05, 4.69) is 27.7 Å². The highest BCUT2D eigenvalue weighted by atomic mass is 28.4. The number of hydrogen-bond donors (Lipinski definition) is 1. The van der Waals surface area contributed by atoms with E-state index in [1.54, 1.807) is 0 Å². The van der Waals surface area contributed by atoms with E-state index in [-0.39, 0.29) is 0 Å². The first-order valence-corrected chi connectivity index (χ1v) is 15.5. The molecule has 3 rings (SSSR count).